The molecule has 1 atom stereocenters. The van der Waals surface area contributed by atoms with Crippen molar-refractivity contribution in [1.82, 2.24) is 0 Å². The summed E-state index contributed by atoms with van der Waals surface area (Å²) >= 11 is -1.35. The first-order chi connectivity index (χ1) is 8.38. The molecule has 0 N–H and O–H groups in total. The van der Waals surface area contributed by atoms with Gasteiger partial charge in [-0.1, -0.05) is 16.5 Å². The Hall–Kier alpha value is -1.33. The minimum Gasteiger partial charge on any atom is -0.591 e. The molecule has 96 valence electrons. The van der Waals surface area contributed by atoms with E-state index in [1.54, 1.807) is 18.2 Å². The van der Waals surface area contributed by atoms with Gasteiger partial charge in [0.25, 0.3) is 0 Å². The molecule has 0 radical (unpaired) electrons. The number of para-hydroxylation sites is 1. The van der Waals surface area contributed by atoms with E-state index < -0.39 is 21.9 Å². The normalized spacial score (nSPS) is 14.5. The number of nitrogens with zero attached hydrogens (tertiary/aromatic N) is 1. The Labute approximate surface area is 108 Å². The van der Waals surface area contributed by atoms with E-state index in [0.29, 0.717) is 11.1 Å². The minimum atomic E-state index is -1.35. The molecular weight excluding hydrogens is 253 g/mol. The number of fused-ring (bicyclic) bond motifs is 1. The van der Waals surface area contributed by atoms with Crippen molar-refractivity contribution in [2.45, 2.75) is 25.5 Å². The highest BCUT2D eigenvalue weighted by molar-refractivity contribution is 7.91. The molecule has 1 aromatic carbocycles. The molecule has 0 spiro atoms. The molecule has 5 heteroatoms. The average Bonchev–Trinajstić information content (AvgIpc) is 2.69. The fourth-order valence-electron chi connectivity index (χ4n) is 1.37. The number of halogens is 1. The van der Waals surface area contributed by atoms with Gasteiger partial charge in [0.15, 0.2) is 17.2 Å². The second kappa shape index (κ2) is 4.74. The van der Waals surface area contributed by atoms with Crippen molar-refractivity contribution in [3.8, 4) is 0 Å². The number of hydrogen-bond donors (Lipinski definition) is 0. The van der Waals surface area contributed by atoms with Crippen molar-refractivity contribution in [3.63, 3.8) is 0 Å². The van der Waals surface area contributed by atoms with Crippen LogP contribution in [0, 0.1) is 5.82 Å². The van der Waals surface area contributed by atoms with Crippen LogP contribution in [-0.2, 0) is 11.4 Å². The molecule has 0 saturated heterocycles. The second-order valence-corrected chi connectivity index (χ2v) is 6.84. The van der Waals surface area contributed by atoms with E-state index in [9.17, 15) is 8.94 Å². The maximum absolute atomic E-state index is 13.4. The van der Waals surface area contributed by atoms with Crippen LogP contribution in [0.2, 0.25) is 0 Å². The second-order valence-electron chi connectivity index (χ2n) is 4.90. The number of benzene rings is 1. The van der Waals surface area contributed by atoms with Crippen LogP contribution >= 0.6 is 0 Å². The summed E-state index contributed by atoms with van der Waals surface area (Å²) < 4.78 is 33.9. The molecule has 0 aliphatic rings. The summed E-state index contributed by atoms with van der Waals surface area (Å²) in [5.74, 6) is -0.0169. The van der Waals surface area contributed by atoms with Gasteiger partial charge in [-0.3, -0.25) is 0 Å². The lowest BCUT2D eigenvalue weighted by atomic mass is 10.2. The van der Waals surface area contributed by atoms with Crippen LogP contribution in [0.25, 0.3) is 11.0 Å². The minimum absolute atomic E-state index is 0.195. The van der Waals surface area contributed by atoms with Gasteiger partial charge in [-0.15, -0.1) is 0 Å². The lowest BCUT2D eigenvalue weighted by Gasteiger charge is -2.17. The molecule has 2 aromatic rings. The largest absolute Gasteiger partial charge is 0.591 e. The number of hydrogen-bond acceptors (Lipinski definition) is 3. The smallest absolute Gasteiger partial charge is 0.170 e. The van der Waals surface area contributed by atoms with Gasteiger partial charge in [0.05, 0.1) is 0 Å². The first-order valence-electron chi connectivity index (χ1n) is 5.52. The van der Waals surface area contributed by atoms with E-state index in [-0.39, 0.29) is 5.58 Å². The fourth-order valence-corrected chi connectivity index (χ4v) is 1.88. The maximum Gasteiger partial charge on any atom is 0.170 e. The molecule has 18 heavy (non-hydrogen) atoms. The molecule has 0 aliphatic heterocycles. The predicted molar refractivity (Wildman–Crippen MR) is 71.7 cm³/mol. The predicted octanol–water partition coefficient (Wildman–Crippen LogP) is 3.45. The van der Waals surface area contributed by atoms with Gasteiger partial charge in [-0.25, -0.2) is 4.39 Å². The lowest BCUT2D eigenvalue weighted by molar-refractivity contribution is 0.554. The maximum atomic E-state index is 13.4. The van der Waals surface area contributed by atoms with Crippen molar-refractivity contribution in [2.24, 2.45) is 4.40 Å². The summed E-state index contributed by atoms with van der Waals surface area (Å²) in [6, 6.07) is 6.36. The summed E-state index contributed by atoms with van der Waals surface area (Å²) in [4.78, 5) is 0. The molecule has 0 fully saturated rings. The van der Waals surface area contributed by atoms with E-state index in [4.69, 9.17) is 4.42 Å². The molecule has 3 nitrogen and oxygen atoms in total. The van der Waals surface area contributed by atoms with Gasteiger partial charge in [-0.2, -0.15) is 0 Å². The molecule has 0 amide bonds. The lowest BCUT2D eigenvalue weighted by Crippen LogP contribution is -2.25. The highest BCUT2D eigenvalue weighted by atomic mass is 32.2. The Morgan fingerprint density at radius 3 is 2.72 bits per heavy atom. The van der Waals surface area contributed by atoms with Crippen LogP contribution in [0.4, 0.5) is 4.39 Å². The van der Waals surface area contributed by atoms with Crippen LogP contribution in [-0.4, -0.2) is 15.5 Å². The van der Waals surface area contributed by atoms with Crippen molar-refractivity contribution >= 4 is 28.5 Å². The zero-order valence-electron chi connectivity index (χ0n) is 10.4. The summed E-state index contributed by atoms with van der Waals surface area (Å²) in [5, 5.41) is 0.665. The number of furan rings is 1. The third-order valence-corrected chi connectivity index (χ3v) is 3.66. The molecule has 1 aromatic heterocycles. The Morgan fingerprint density at radius 1 is 1.39 bits per heavy atom. The Morgan fingerprint density at radius 2 is 2.11 bits per heavy atom. The molecule has 0 bridgehead atoms. The van der Waals surface area contributed by atoms with Gasteiger partial charge >= 0.3 is 0 Å². The van der Waals surface area contributed by atoms with E-state index in [1.165, 1.54) is 12.3 Å². The van der Waals surface area contributed by atoms with Crippen LogP contribution in [0.3, 0.4) is 0 Å². The van der Waals surface area contributed by atoms with E-state index in [0.717, 1.165) is 0 Å². The third kappa shape index (κ3) is 2.73. The SMILES string of the molecule is CC(C)(C)[S+]([O-])/N=C/c1cc2cccc(F)c2o1. The van der Waals surface area contributed by atoms with Gasteiger partial charge < -0.3 is 8.97 Å². The average molecular weight is 267 g/mol. The summed E-state index contributed by atoms with van der Waals surface area (Å²) in [6.45, 7) is 5.50. The number of rotatable bonds is 2. The molecule has 0 aliphatic carbocycles. The molecule has 2 rings (SSSR count). The van der Waals surface area contributed by atoms with Gasteiger partial charge in [-0.05, 0) is 32.9 Å². The van der Waals surface area contributed by atoms with Crippen LogP contribution in [0.1, 0.15) is 26.5 Å². The van der Waals surface area contributed by atoms with Crippen molar-refractivity contribution < 1.29 is 13.4 Å². The van der Waals surface area contributed by atoms with Crippen molar-refractivity contribution in [1.29, 1.82) is 0 Å². The van der Waals surface area contributed by atoms with Crippen LogP contribution in [0.5, 0.6) is 0 Å². The Kier molecular flexibility index (Phi) is 3.45. The zero-order valence-corrected chi connectivity index (χ0v) is 11.3. The summed E-state index contributed by atoms with van der Waals surface area (Å²) in [7, 11) is 0. The first kappa shape index (κ1) is 13.1. The Bertz CT molecular complexity index is 586. The summed E-state index contributed by atoms with van der Waals surface area (Å²) in [6.07, 6.45) is 1.38. The van der Waals surface area contributed by atoms with Gasteiger partial charge in [0.2, 0.25) is 0 Å². The van der Waals surface area contributed by atoms with Crippen LogP contribution < -0.4 is 0 Å². The van der Waals surface area contributed by atoms with Crippen LogP contribution in [0.15, 0.2) is 33.1 Å². The first-order valence-corrected chi connectivity index (χ1v) is 6.63. The topological polar surface area (TPSA) is 48.6 Å². The highest BCUT2D eigenvalue weighted by Gasteiger charge is 2.26. The molecule has 1 heterocycles. The molecule has 1 unspecified atom stereocenters. The van der Waals surface area contributed by atoms with Gasteiger partial charge in [0.1, 0.15) is 22.3 Å². The fraction of sp³-hybridized carbons (Fsp3) is 0.308. The molecule has 0 saturated carbocycles. The van der Waals surface area contributed by atoms with Crippen molar-refractivity contribution in [3.05, 3.63) is 35.8 Å². The van der Waals surface area contributed by atoms with Crippen molar-refractivity contribution in [2.75, 3.05) is 0 Å². The van der Waals surface area contributed by atoms with E-state index >= 15 is 0 Å². The summed E-state index contributed by atoms with van der Waals surface area (Å²) in [5.41, 5.74) is 0.195. The zero-order chi connectivity index (χ0) is 13.3. The standard InChI is InChI=1S/C13H14FNO2S/c1-13(2,3)18(16)15-8-10-7-9-5-4-6-11(14)12(9)17-10/h4-8H,1-3H3/b15-8+. The van der Waals surface area contributed by atoms with E-state index in [1.807, 2.05) is 20.8 Å². The quantitative estimate of drug-likeness (QED) is 0.618. The highest BCUT2D eigenvalue weighted by Crippen LogP contribution is 2.22. The van der Waals surface area contributed by atoms with E-state index in [2.05, 4.69) is 4.40 Å². The monoisotopic (exact) mass is 267 g/mol. The third-order valence-electron chi connectivity index (χ3n) is 2.31. The molecular formula is C13H14FNO2S. The Balaban J connectivity index is 2.28. The van der Waals surface area contributed by atoms with Gasteiger partial charge in [0, 0.05) is 5.39 Å².